The normalized spacial score (nSPS) is 10.6. The number of hydrogen-bond acceptors (Lipinski definition) is 4. The molecule has 0 saturated heterocycles. The van der Waals surface area contributed by atoms with Crippen LogP contribution in [-0.4, -0.2) is 29.8 Å². The third-order valence-electron chi connectivity index (χ3n) is 3.51. The minimum absolute atomic E-state index is 0.146. The summed E-state index contributed by atoms with van der Waals surface area (Å²) < 4.78 is 2.84. The number of rotatable bonds is 5. The van der Waals surface area contributed by atoms with E-state index in [4.69, 9.17) is 0 Å². The molecule has 0 aliphatic heterocycles. The molecule has 0 radical (unpaired) electrons. The molecule has 0 unspecified atom stereocenters. The summed E-state index contributed by atoms with van der Waals surface area (Å²) in [4.78, 5) is 15.7. The average Bonchev–Trinajstić information content (AvgIpc) is 3.17. The molecular formula is C17H17BrN4OS. The molecule has 7 heteroatoms. The summed E-state index contributed by atoms with van der Waals surface area (Å²) in [5.41, 5.74) is 1.60. The Hall–Kier alpha value is -2.12. The molecule has 3 rings (SSSR count). The highest BCUT2D eigenvalue weighted by molar-refractivity contribution is 9.10. The van der Waals surface area contributed by atoms with Crippen LogP contribution in [-0.2, 0) is 6.54 Å². The third-order valence-corrected chi connectivity index (χ3v) is 5.19. The molecule has 0 aliphatic rings. The van der Waals surface area contributed by atoms with E-state index in [1.54, 1.807) is 34.3 Å². The summed E-state index contributed by atoms with van der Waals surface area (Å²) in [7, 11) is 3.90. The van der Waals surface area contributed by atoms with E-state index in [9.17, 15) is 4.79 Å². The Labute approximate surface area is 153 Å². The van der Waals surface area contributed by atoms with E-state index in [1.807, 2.05) is 42.6 Å². The van der Waals surface area contributed by atoms with Crippen LogP contribution in [0.5, 0.6) is 0 Å². The molecule has 0 atom stereocenters. The molecule has 0 aliphatic carbocycles. The van der Waals surface area contributed by atoms with Crippen LogP contribution in [0.2, 0.25) is 0 Å². The highest BCUT2D eigenvalue weighted by Gasteiger charge is 2.11. The average molecular weight is 405 g/mol. The largest absolute Gasteiger partial charge is 0.378 e. The number of hydrogen-bond donors (Lipinski definition) is 1. The van der Waals surface area contributed by atoms with E-state index < -0.39 is 0 Å². The molecule has 0 fully saturated rings. The monoisotopic (exact) mass is 404 g/mol. The van der Waals surface area contributed by atoms with Crippen molar-refractivity contribution in [3.8, 4) is 0 Å². The number of anilines is 2. The molecule has 2 heterocycles. The summed E-state index contributed by atoms with van der Waals surface area (Å²) in [6.07, 6.45) is 1.69. The van der Waals surface area contributed by atoms with Crippen LogP contribution >= 0.6 is 27.3 Å². The quantitative estimate of drug-likeness (QED) is 0.696. The molecule has 3 aromatic rings. The lowest BCUT2D eigenvalue weighted by molar-refractivity contribution is 0.102. The maximum Gasteiger partial charge on any atom is 0.256 e. The van der Waals surface area contributed by atoms with E-state index >= 15 is 0 Å². The van der Waals surface area contributed by atoms with Crippen LogP contribution in [0.1, 0.15) is 15.2 Å². The fraction of sp³-hybridized carbons (Fsp3) is 0.176. The predicted molar refractivity (Wildman–Crippen MR) is 102 cm³/mol. The van der Waals surface area contributed by atoms with Gasteiger partial charge in [-0.05, 0) is 40.2 Å². The van der Waals surface area contributed by atoms with Gasteiger partial charge >= 0.3 is 0 Å². The van der Waals surface area contributed by atoms with E-state index in [2.05, 4.69) is 32.4 Å². The molecular weight excluding hydrogens is 388 g/mol. The van der Waals surface area contributed by atoms with Gasteiger partial charge in [0.15, 0.2) is 0 Å². The van der Waals surface area contributed by atoms with Crippen molar-refractivity contribution in [2.45, 2.75) is 6.54 Å². The lowest BCUT2D eigenvalue weighted by Crippen LogP contribution is -2.17. The van der Waals surface area contributed by atoms with E-state index in [1.165, 1.54) is 0 Å². The van der Waals surface area contributed by atoms with Gasteiger partial charge in [-0.1, -0.05) is 6.07 Å². The van der Waals surface area contributed by atoms with Gasteiger partial charge in [-0.25, -0.2) is 4.68 Å². The maximum absolute atomic E-state index is 12.5. The Kier molecular flexibility index (Phi) is 5.01. The first-order chi connectivity index (χ1) is 11.5. The fourth-order valence-electron chi connectivity index (χ4n) is 2.26. The summed E-state index contributed by atoms with van der Waals surface area (Å²) in [5, 5.41) is 9.27. The lowest BCUT2D eigenvalue weighted by Gasteiger charge is -2.13. The molecule has 0 saturated carbocycles. The highest BCUT2D eigenvalue weighted by atomic mass is 79.9. The number of carbonyl (C=O) groups is 1. The second-order valence-corrected chi connectivity index (χ2v) is 7.42. The first-order valence-electron chi connectivity index (χ1n) is 7.36. The minimum atomic E-state index is -0.146. The van der Waals surface area contributed by atoms with Crippen molar-refractivity contribution >= 4 is 44.7 Å². The molecule has 1 amide bonds. The number of nitrogens with zero attached hydrogens (tertiary/aromatic N) is 3. The number of halogens is 1. The topological polar surface area (TPSA) is 50.2 Å². The molecule has 1 N–H and O–H groups in total. The van der Waals surface area contributed by atoms with Gasteiger partial charge in [0.05, 0.1) is 12.7 Å². The lowest BCUT2D eigenvalue weighted by atomic mass is 10.2. The van der Waals surface area contributed by atoms with Crippen molar-refractivity contribution < 1.29 is 4.79 Å². The zero-order valence-corrected chi connectivity index (χ0v) is 15.8. The minimum Gasteiger partial charge on any atom is -0.378 e. The van der Waals surface area contributed by atoms with Crippen LogP contribution in [0.15, 0.2) is 52.4 Å². The number of thiophene rings is 1. The Morgan fingerprint density at radius 2 is 2.17 bits per heavy atom. The number of aromatic nitrogens is 2. The first-order valence-corrected chi connectivity index (χ1v) is 9.03. The van der Waals surface area contributed by atoms with E-state index in [-0.39, 0.29) is 5.91 Å². The van der Waals surface area contributed by atoms with Gasteiger partial charge in [-0.3, -0.25) is 4.79 Å². The van der Waals surface area contributed by atoms with Gasteiger partial charge in [-0.15, -0.1) is 11.3 Å². The van der Waals surface area contributed by atoms with Crippen LogP contribution in [0, 0.1) is 0 Å². The summed E-state index contributed by atoms with van der Waals surface area (Å²) in [5.74, 6) is 0.535. The van der Waals surface area contributed by atoms with Crippen molar-refractivity contribution in [3.05, 3.63) is 62.9 Å². The zero-order valence-electron chi connectivity index (χ0n) is 13.4. The molecule has 1 aromatic carbocycles. The van der Waals surface area contributed by atoms with Gasteiger partial charge in [0, 0.05) is 46.1 Å². The van der Waals surface area contributed by atoms with Crippen molar-refractivity contribution in [1.82, 2.24) is 9.78 Å². The second-order valence-electron chi connectivity index (χ2n) is 5.50. The van der Waals surface area contributed by atoms with Crippen molar-refractivity contribution in [1.29, 1.82) is 0 Å². The Morgan fingerprint density at radius 1 is 1.33 bits per heavy atom. The van der Waals surface area contributed by atoms with Crippen LogP contribution < -0.4 is 10.2 Å². The number of amides is 1. The highest BCUT2D eigenvalue weighted by Crippen LogP contribution is 2.22. The van der Waals surface area contributed by atoms with Crippen LogP contribution in [0.25, 0.3) is 0 Å². The van der Waals surface area contributed by atoms with Crippen molar-refractivity contribution in [3.63, 3.8) is 0 Å². The van der Waals surface area contributed by atoms with Gasteiger partial charge in [0.2, 0.25) is 0 Å². The molecule has 0 spiro atoms. The van der Waals surface area contributed by atoms with Gasteiger partial charge in [0.1, 0.15) is 5.82 Å². The number of benzene rings is 1. The summed E-state index contributed by atoms with van der Waals surface area (Å²) >= 11 is 5.10. The maximum atomic E-state index is 12.5. The molecule has 5 nitrogen and oxygen atoms in total. The number of carbonyl (C=O) groups excluding carboxylic acids is 1. The van der Waals surface area contributed by atoms with Gasteiger partial charge in [0.25, 0.3) is 5.91 Å². The Bertz CT molecular complexity index is 856. The zero-order chi connectivity index (χ0) is 17.1. The Morgan fingerprint density at radius 3 is 2.88 bits per heavy atom. The van der Waals surface area contributed by atoms with Crippen molar-refractivity contribution in [2.75, 3.05) is 24.3 Å². The standard InChI is InChI=1S/C17H17BrN4OS/c1-21(2)14-5-3-4-12(8-14)17(23)20-16-6-7-19-22(16)10-15-9-13(18)11-24-15/h3-9,11H,10H2,1-2H3,(H,20,23). The van der Waals surface area contributed by atoms with E-state index in [0.717, 1.165) is 15.0 Å². The summed E-state index contributed by atoms with van der Waals surface area (Å²) in [6.45, 7) is 0.622. The number of nitrogens with one attached hydrogen (secondary N) is 1. The molecule has 24 heavy (non-hydrogen) atoms. The van der Waals surface area contributed by atoms with Crippen molar-refractivity contribution in [2.24, 2.45) is 0 Å². The predicted octanol–water partition coefficient (Wildman–Crippen LogP) is 4.07. The molecule has 124 valence electrons. The molecule has 2 aromatic heterocycles. The van der Waals surface area contributed by atoms with Gasteiger partial charge < -0.3 is 10.2 Å². The SMILES string of the molecule is CN(C)c1cccc(C(=O)Nc2ccnn2Cc2cc(Br)cs2)c1. The second kappa shape index (κ2) is 7.19. The summed E-state index contributed by atoms with van der Waals surface area (Å²) in [6, 6.07) is 11.4. The Balaban J connectivity index is 1.75. The first kappa shape index (κ1) is 16.7. The molecule has 0 bridgehead atoms. The van der Waals surface area contributed by atoms with E-state index in [0.29, 0.717) is 17.9 Å². The fourth-order valence-corrected chi connectivity index (χ4v) is 3.70. The van der Waals surface area contributed by atoms with Crippen LogP contribution in [0.3, 0.4) is 0 Å². The van der Waals surface area contributed by atoms with Crippen LogP contribution in [0.4, 0.5) is 11.5 Å². The third kappa shape index (κ3) is 3.85. The van der Waals surface area contributed by atoms with Gasteiger partial charge in [-0.2, -0.15) is 5.10 Å². The smallest absolute Gasteiger partial charge is 0.256 e.